The van der Waals surface area contributed by atoms with Crippen LogP contribution in [0, 0.1) is 13.8 Å². The lowest BCUT2D eigenvalue weighted by atomic mass is 9.99. The van der Waals surface area contributed by atoms with Crippen molar-refractivity contribution in [2.45, 2.75) is 53.0 Å². The van der Waals surface area contributed by atoms with Gasteiger partial charge in [0.1, 0.15) is 0 Å². The Kier molecular flexibility index (Phi) is 5.88. The molecule has 1 aromatic heterocycles. The number of hydrogen-bond acceptors (Lipinski definition) is 4. The molecule has 0 fully saturated rings. The van der Waals surface area contributed by atoms with Gasteiger partial charge in [-0.2, -0.15) is 0 Å². The second-order valence-corrected chi connectivity index (χ2v) is 6.35. The zero-order valence-electron chi connectivity index (χ0n) is 13.4. The van der Waals surface area contributed by atoms with Gasteiger partial charge in [-0.05, 0) is 67.9 Å². The van der Waals surface area contributed by atoms with E-state index >= 15 is 0 Å². The molecule has 114 valence electrons. The molecule has 0 amide bonds. The van der Waals surface area contributed by atoms with Crippen molar-refractivity contribution in [1.82, 2.24) is 14.9 Å². The van der Waals surface area contributed by atoms with E-state index < -0.39 is 0 Å². The molecule has 4 heteroatoms. The Morgan fingerprint density at radius 1 is 1.19 bits per heavy atom. The number of nitrogens with one attached hydrogen (secondary N) is 1. The molecule has 3 nitrogen and oxygen atoms in total. The molecule has 0 saturated carbocycles. The quantitative estimate of drug-likeness (QED) is 0.840. The van der Waals surface area contributed by atoms with Crippen molar-refractivity contribution in [1.29, 1.82) is 0 Å². The van der Waals surface area contributed by atoms with Gasteiger partial charge in [-0.15, -0.1) is 5.10 Å². The predicted octanol–water partition coefficient (Wildman–Crippen LogP) is 4.00. The molecule has 0 saturated heterocycles. The smallest absolute Gasteiger partial charge is 0.0801 e. The predicted molar refractivity (Wildman–Crippen MR) is 89.9 cm³/mol. The van der Waals surface area contributed by atoms with Crippen molar-refractivity contribution in [3.05, 3.63) is 45.5 Å². The van der Waals surface area contributed by atoms with Crippen molar-refractivity contribution >= 4 is 11.5 Å². The summed E-state index contributed by atoms with van der Waals surface area (Å²) < 4.78 is 4.15. The monoisotopic (exact) mass is 303 g/mol. The molecule has 2 aromatic rings. The minimum absolute atomic E-state index is 0.321. The molecule has 1 heterocycles. The summed E-state index contributed by atoms with van der Waals surface area (Å²) >= 11 is 1.54. The molecule has 0 spiro atoms. The first kappa shape index (κ1) is 16.1. The fourth-order valence-corrected chi connectivity index (χ4v) is 3.28. The summed E-state index contributed by atoms with van der Waals surface area (Å²) in [5, 5.41) is 7.92. The molecule has 0 radical (unpaired) electrons. The van der Waals surface area contributed by atoms with Crippen LogP contribution in [0.15, 0.2) is 18.2 Å². The van der Waals surface area contributed by atoms with E-state index in [1.165, 1.54) is 33.1 Å². The fourth-order valence-electron chi connectivity index (χ4n) is 2.47. The Bertz CT molecular complexity index is 577. The van der Waals surface area contributed by atoms with Gasteiger partial charge in [-0.25, -0.2) is 0 Å². The molecule has 0 aliphatic carbocycles. The highest BCUT2D eigenvalue weighted by Gasteiger charge is 2.18. The molecule has 1 unspecified atom stereocenters. The SMILES string of the molecule is CCCNC(Cc1ccc(C)c(C)c1)c1snnc1CC. The Balaban J connectivity index is 2.21. The van der Waals surface area contributed by atoms with Crippen LogP contribution in [-0.2, 0) is 12.8 Å². The lowest BCUT2D eigenvalue weighted by Crippen LogP contribution is -2.24. The number of hydrogen-bond donors (Lipinski definition) is 1. The third kappa shape index (κ3) is 4.11. The summed E-state index contributed by atoms with van der Waals surface area (Å²) in [7, 11) is 0. The van der Waals surface area contributed by atoms with Crippen LogP contribution in [0.2, 0.25) is 0 Å². The molecule has 1 atom stereocenters. The highest BCUT2D eigenvalue weighted by atomic mass is 32.1. The van der Waals surface area contributed by atoms with Gasteiger partial charge in [0.25, 0.3) is 0 Å². The zero-order valence-corrected chi connectivity index (χ0v) is 14.3. The van der Waals surface area contributed by atoms with E-state index in [1.54, 1.807) is 0 Å². The maximum absolute atomic E-state index is 4.27. The number of nitrogens with zero attached hydrogens (tertiary/aromatic N) is 2. The summed E-state index contributed by atoms with van der Waals surface area (Å²) in [6.07, 6.45) is 3.08. The molecule has 1 N–H and O–H groups in total. The normalized spacial score (nSPS) is 12.6. The largest absolute Gasteiger partial charge is 0.309 e. The van der Waals surface area contributed by atoms with Crippen molar-refractivity contribution in [2.24, 2.45) is 0 Å². The highest BCUT2D eigenvalue weighted by molar-refractivity contribution is 7.05. The Morgan fingerprint density at radius 2 is 2.00 bits per heavy atom. The molecular weight excluding hydrogens is 278 g/mol. The van der Waals surface area contributed by atoms with E-state index in [0.29, 0.717) is 6.04 Å². The molecule has 0 aliphatic heterocycles. The minimum Gasteiger partial charge on any atom is -0.309 e. The fraction of sp³-hybridized carbons (Fsp3) is 0.529. The topological polar surface area (TPSA) is 37.8 Å². The molecular formula is C17H25N3S. The van der Waals surface area contributed by atoms with E-state index in [1.807, 2.05) is 0 Å². The van der Waals surface area contributed by atoms with Crippen LogP contribution >= 0.6 is 11.5 Å². The number of benzene rings is 1. The lowest BCUT2D eigenvalue weighted by molar-refractivity contribution is 0.532. The lowest BCUT2D eigenvalue weighted by Gasteiger charge is -2.18. The molecule has 2 rings (SSSR count). The van der Waals surface area contributed by atoms with E-state index in [-0.39, 0.29) is 0 Å². The van der Waals surface area contributed by atoms with Crippen LogP contribution < -0.4 is 5.32 Å². The first-order valence-corrected chi connectivity index (χ1v) is 8.53. The molecule has 0 aliphatic rings. The van der Waals surface area contributed by atoms with Gasteiger partial charge in [-0.1, -0.05) is 36.5 Å². The summed E-state index contributed by atoms with van der Waals surface area (Å²) in [5.74, 6) is 0. The van der Waals surface area contributed by atoms with Crippen LogP contribution in [0.5, 0.6) is 0 Å². The maximum atomic E-state index is 4.27. The Morgan fingerprint density at radius 3 is 2.67 bits per heavy atom. The average molecular weight is 303 g/mol. The van der Waals surface area contributed by atoms with Crippen molar-refractivity contribution in [3.8, 4) is 0 Å². The van der Waals surface area contributed by atoms with Gasteiger partial charge in [0, 0.05) is 6.04 Å². The van der Waals surface area contributed by atoms with Gasteiger partial charge in [0.15, 0.2) is 0 Å². The van der Waals surface area contributed by atoms with E-state index in [9.17, 15) is 0 Å². The number of aromatic nitrogens is 2. The van der Waals surface area contributed by atoms with Crippen LogP contribution in [-0.4, -0.2) is 16.1 Å². The highest BCUT2D eigenvalue weighted by Crippen LogP contribution is 2.25. The first-order valence-electron chi connectivity index (χ1n) is 7.76. The second-order valence-electron chi connectivity index (χ2n) is 5.57. The van der Waals surface area contributed by atoms with Crippen molar-refractivity contribution < 1.29 is 0 Å². The Hall–Kier alpha value is -1.26. The number of aryl methyl sites for hydroxylation is 3. The maximum Gasteiger partial charge on any atom is 0.0801 e. The van der Waals surface area contributed by atoms with Crippen LogP contribution in [0.25, 0.3) is 0 Å². The first-order chi connectivity index (χ1) is 10.2. The zero-order chi connectivity index (χ0) is 15.2. The Labute approximate surface area is 132 Å². The van der Waals surface area contributed by atoms with Gasteiger partial charge in [0.2, 0.25) is 0 Å². The standard InChI is InChI=1S/C17H25N3S/c1-5-9-18-16(17-15(6-2)19-20-21-17)11-14-8-7-12(3)13(4)10-14/h7-8,10,16,18H,5-6,9,11H2,1-4H3. The van der Waals surface area contributed by atoms with Crippen molar-refractivity contribution in [3.63, 3.8) is 0 Å². The number of rotatable bonds is 7. The van der Waals surface area contributed by atoms with Crippen molar-refractivity contribution in [2.75, 3.05) is 6.54 Å². The third-order valence-corrected chi connectivity index (χ3v) is 4.77. The molecule has 1 aromatic carbocycles. The second kappa shape index (κ2) is 7.66. The van der Waals surface area contributed by atoms with E-state index in [0.717, 1.165) is 31.5 Å². The average Bonchev–Trinajstić information content (AvgIpc) is 2.95. The van der Waals surface area contributed by atoms with Crippen LogP contribution in [0.1, 0.15) is 53.6 Å². The molecule has 0 bridgehead atoms. The van der Waals surface area contributed by atoms with Gasteiger partial charge in [0.05, 0.1) is 10.6 Å². The van der Waals surface area contributed by atoms with E-state index in [4.69, 9.17) is 0 Å². The minimum atomic E-state index is 0.321. The van der Waals surface area contributed by atoms with E-state index in [2.05, 4.69) is 60.8 Å². The summed E-state index contributed by atoms with van der Waals surface area (Å²) in [6, 6.07) is 7.08. The van der Waals surface area contributed by atoms with Gasteiger partial charge < -0.3 is 5.32 Å². The van der Waals surface area contributed by atoms with Gasteiger partial charge >= 0.3 is 0 Å². The van der Waals surface area contributed by atoms with Crippen LogP contribution in [0.3, 0.4) is 0 Å². The van der Waals surface area contributed by atoms with Crippen LogP contribution in [0.4, 0.5) is 0 Å². The summed E-state index contributed by atoms with van der Waals surface area (Å²) in [4.78, 5) is 1.30. The molecule has 21 heavy (non-hydrogen) atoms. The third-order valence-electron chi connectivity index (χ3n) is 3.89. The summed E-state index contributed by atoms with van der Waals surface area (Å²) in [5.41, 5.74) is 5.23. The summed E-state index contributed by atoms with van der Waals surface area (Å²) in [6.45, 7) is 9.71. The van der Waals surface area contributed by atoms with Gasteiger partial charge in [-0.3, -0.25) is 0 Å².